The largest absolute Gasteiger partial charge is 0.474 e. The molecule has 0 atom stereocenters. The van der Waals surface area contributed by atoms with E-state index in [1.807, 2.05) is 12.1 Å². The number of rotatable bonds is 6. The Bertz CT molecular complexity index is 1040. The smallest absolute Gasteiger partial charge is 0.232 e. The Morgan fingerprint density at radius 1 is 1.07 bits per heavy atom. The van der Waals surface area contributed by atoms with E-state index in [2.05, 4.69) is 46.3 Å². The third-order valence-corrected chi connectivity index (χ3v) is 5.07. The van der Waals surface area contributed by atoms with Crippen LogP contribution in [-0.2, 0) is 9.47 Å². The van der Waals surface area contributed by atoms with Crippen LogP contribution in [0.3, 0.4) is 0 Å². The first-order valence-electron chi connectivity index (χ1n) is 9.68. The second kappa shape index (κ2) is 8.91. The predicted molar refractivity (Wildman–Crippen MR) is 112 cm³/mol. The van der Waals surface area contributed by atoms with E-state index in [4.69, 9.17) is 14.2 Å². The molecule has 0 radical (unpaired) electrons. The first kappa shape index (κ1) is 19.2. The lowest BCUT2D eigenvalue weighted by Gasteiger charge is -2.29. The molecule has 0 amide bonds. The number of ether oxygens (including phenoxy) is 3. The first-order chi connectivity index (χ1) is 14.3. The molecule has 0 aliphatic carbocycles. The molecule has 29 heavy (non-hydrogen) atoms. The molecule has 2 heterocycles. The summed E-state index contributed by atoms with van der Waals surface area (Å²) in [6.07, 6.45) is 1.67. The van der Waals surface area contributed by atoms with Crippen molar-refractivity contribution in [3.05, 3.63) is 54.2 Å². The summed E-state index contributed by atoms with van der Waals surface area (Å²) in [6, 6.07) is 16.8. The van der Waals surface area contributed by atoms with Crippen molar-refractivity contribution in [1.29, 1.82) is 5.26 Å². The van der Waals surface area contributed by atoms with E-state index in [1.165, 1.54) is 11.1 Å². The number of morpholine rings is 1. The fourth-order valence-electron chi connectivity index (χ4n) is 3.54. The molecule has 0 bridgehead atoms. The minimum atomic E-state index is 0.338. The van der Waals surface area contributed by atoms with Gasteiger partial charge in [0.15, 0.2) is 0 Å². The second-order valence-electron chi connectivity index (χ2n) is 6.84. The molecule has 1 saturated heterocycles. The van der Waals surface area contributed by atoms with Crippen molar-refractivity contribution in [3.8, 4) is 23.1 Å². The van der Waals surface area contributed by atoms with Gasteiger partial charge in [-0.25, -0.2) is 4.98 Å². The highest BCUT2D eigenvalue weighted by Gasteiger charge is 2.14. The minimum absolute atomic E-state index is 0.338. The van der Waals surface area contributed by atoms with Crippen LogP contribution in [0.4, 0.5) is 5.69 Å². The van der Waals surface area contributed by atoms with E-state index in [0.717, 1.165) is 42.8 Å². The Balaban J connectivity index is 1.66. The number of nitrogens with zero attached hydrogens (tertiary/aromatic N) is 3. The molecule has 2 aromatic carbocycles. The van der Waals surface area contributed by atoms with Gasteiger partial charge < -0.3 is 19.1 Å². The fraction of sp³-hybridized carbons (Fsp3) is 0.304. The summed E-state index contributed by atoms with van der Waals surface area (Å²) in [4.78, 5) is 6.56. The Morgan fingerprint density at radius 3 is 2.66 bits per heavy atom. The van der Waals surface area contributed by atoms with Crippen molar-refractivity contribution in [1.82, 2.24) is 4.98 Å². The van der Waals surface area contributed by atoms with Crippen molar-refractivity contribution in [2.24, 2.45) is 0 Å². The van der Waals surface area contributed by atoms with Crippen molar-refractivity contribution in [3.63, 3.8) is 0 Å². The third kappa shape index (κ3) is 4.16. The van der Waals surface area contributed by atoms with E-state index >= 15 is 0 Å². The standard InChI is InChI=1S/C23H23N3O3/c1-27-12-13-29-23-22(16-24)21(6-7-25-23)19-3-2-18-15-20(5-4-17(18)14-19)26-8-10-28-11-9-26/h2-7,14-15H,8-13H2,1H3. The van der Waals surface area contributed by atoms with Crippen LogP contribution in [0.15, 0.2) is 48.7 Å². The second-order valence-corrected chi connectivity index (χ2v) is 6.84. The van der Waals surface area contributed by atoms with Crippen molar-refractivity contribution in [2.75, 3.05) is 51.5 Å². The van der Waals surface area contributed by atoms with Crippen LogP contribution >= 0.6 is 0 Å². The molecule has 6 heteroatoms. The maximum absolute atomic E-state index is 9.69. The Hall–Kier alpha value is -3.14. The maximum atomic E-state index is 9.69. The number of hydrogen-bond donors (Lipinski definition) is 0. The first-order valence-corrected chi connectivity index (χ1v) is 9.68. The van der Waals surface area contributed by atoms with Crippen LogP contribution in [0.1, 0.15) is 5.56 Å². The molecule has 4 rings (SSSR count). The molecule has 0 spiro atoms. The van der Waals surface area contributed by atoms with Crippen LogP contribution in [0.5, 0.6) is 5.88 Å². The number of hydrogen-bond acceptors (Lipinski definition) is 6. The highest BCUT2D eigenvalue weighted by molar-refractivity contribution is 5.90. The molecule has 3 aromatic rings. The highest BCUT2D eigenvalue weighted by Crippen LogP contribution is 2.32. The lowest BCUT2D eigenvalue weighted by Crippen LogP contribution is -2.36. The topological polar surface area (TPSA) is 67.6 Å². The van der Waals surface area contributed by atoms with Crippen molar-refractivity contribution < 1.29 is 14.2 Å². The molecule has 6 nitrogen and oxygen atoms in total. The van der Waals surface area contributed by atoms with Gasteiger partial charge in [-0.1, -0.05) is 18.2 Å². The van der Waals surface area contributed by atoms with Gasteiger partial charge in [-0.05, 0) is 40.6 Å². The number of aromatic nitrogens is 1. The average Bonchev–Trinajstić information content (AvgIpc) is 2.79. The summed E-state index contributed by atoms with van der Waals surface area (Å²) in [7, 11) is 1.61. The zero-order chi connectivity index (χ0) is 20.1. The number of methoxy groups -OCH3 is 1. The van der Waals surface area contributed by atoms with Crippen LogP contribution < -0.4 is 9.64 Å². The highest BCUT2D eigenvalue weighted by atomic mass is 16.5. The Labute approximate surface area is 170 Å². The molecule has 0 unspecified atom stereocenters. The van der Waals surface area contributed by atoms with Gasteiger partial charge >= 0.3 is 0 Å². The van der Waals surface area contributed by atoms with Crippen LogP contribution in [0, 0.1) is 11.3 Å². The molecule has 1 aliphatic rings. The van der Waals surface area contributed by atoms with E-state index in [9.17, 15) is 5.26 Å². The molecule has 0 saturated carbocycles. The van der Waals surface area contributed by atoms with Gasteiger partial charge in [-0.3, -0.25) is 0 Å². The van der Waals surface area contributed by atoms with E-state index in [0.29, 0.717) is 24.7 Å². The lowest BCUT2D eigenvalue weighted by atomic mass is 9.98. The Morgan fingerprint density at radius 2 is 1.86 bits per heavy atom. The zero-order valence-corrected chi connectivity index (χ0v) is 16.4. The molecule has 1 fully saturated rings. The summed E-state index contributed by atoms with van der Waals surface area (Å²) < 4.78 is 16.1. The summed E-state index contributed by atoms with van der Waals surface area (Å²) in [5.74, 6) is 0.338. The van der Waals surface area contributed by atoms with Gasteiger partial charge in [0.1, 0.15) is 18.2 Å². The van der Waals surface area contributed by atoms with Gasteiger partial charge in [0, 0.05) is 37.6 Å². The normalized spacial score (nSPS) is 14.0. The molecule has 1 aliphatic heterocycles. The summed E-state index contributed by atoms with van der Waals surface area (Å²) >= 11 is 0. The lowest BCUT2D eigenvalue weighted by molar-refractivity contribution is 0.122. The molecule has 0 N–H and O–H groups in total. The van der Waals surface area contributed by atoms with Gasteiger partial charge in [-0.2, -0.15) is 5.26 Å². The number of pyridine rings is 1. The third-order valence-electron chi connectivity index (χ3n) is 5.07. The SMILES string of the molecule is COCCOc1nccc(-c2ccc3cc(N4CCOCC4)ccc3c2)c1C#N. The van der Waals surface area contributed by atoms with Crippen molar-refractivity contribution >= 4 is 16.5 Å². The molecular weight excluding hydrogens is 366 g/mol. The van der Waals surface area contributed by atoms with Gasteiger partial charge in [-0.15, -0.1) is 0 Å². The van der Waals surface area contributed by atoms with E-state index < -0.39 is 0 Å². The van der Waals surface area contributed by atoms with Crippen LogP contribution in [0.2, 0.25) is 0 Å². The maximum Gasteiger partial charge on any atom is 0.232 e. The predicted octanol–water partition coefficient (Wildman–Crippen LogP) is 3.64. The molecule has 1 aromatic heterocycles. The number of fused-ring (bicyclic) bond motifs is 1. The molecular formula is C23H23N3O3. The van der Waals surface area contributed by atoms with E-state index in [-0.39, 0.29) is 0 Å². The number of nitriles is 1. The van der Waals surface area contributed by atoms with Gasteiger partial charge in [0.25, 0.3) is 0 Å². The summed E-state index contributed by atoms with van der Waals surface area (Å²) in [6.45, 7) is 4.16. The number of anilines is 1. The molecule has 148 valence electrons. The van der Waals surface area contributed by atoms with Crippen LogP contribution in [0.25, 0.3) is 21.9 Å². The van der Waals surface area contributed by atoms with Gasteiger partial charge in [0.2, 0.25) is 5.88 Å². The van der Waals surface area contributed by atoms with Gasteiger partial charge in [0.05, 0.1) is 19.8 Å². The quantitative estimate of drug-likeness (QED) is 0.600. The fourth-order valence-corrected chi connectivity index (χ4v) is 3.54. The number of benzene rings is 2. The van der Waals surface area contributed by atoms with E-state index in [1.54, 1.807) is 13.3 Å². The summed E-state index contributed by atoms with van der Waals surface area (Å²) in [5.41, 5.74) is 3.43. The summed E-state index contributed by atoms with van der Waals surface area (Å²) in [5, 5.41) is 12.0. The Kier molecular flexibility index (Phi) is 5.89. The van der Waals surface area contributed by atoms with Crippen molar-refractivity contribution in [2.45, 2.75) is 0 Å². The monoisotopic (exact) mass is 389 g/mol. The minimum Gasteiger partial charge on any atom is -0.474 e. The average molecular weight is 389 g/mol. The zero-order valence-electron chi connectivity index (χ0n) is 16.4. The van der Waals surface area contributed by atoms with Crippen LogP contribution in [-0.4, -0.2) is 51.6 Å².